The summed E-state index contributed by atoms with van der Waals surface area (Å²) >= 11 is 1.29. The monoisotopic (exact) mass is 562 g/mol. The van der Waals surface area contributed by atoms with Crippen molar-refractivity contribution in [2.75, 3.05) is 5.32 Å². The van der Waals surface area contributed by atoms with Gasteiger partial charge >= 0.3 is 0 Å². The Bertz CT molecular complexity index is 1590. The maximum Gasteiger partial charge on any atom is 0.269 e. The van der Waals surface area contributed by atoms with Gasteiger partial charge in [0.25, 0.3) is 5.69 Å². The first-order valence-corrected chi connectivity index (χ1v) is 13.8. The number of non-ortho nitro benzene ring substituents is 1. The molecule has 0 fully saturated rings. The van der Waals surface area contributed by atoms with Crippen LogP contribution >= 0.6 is 11.3 Å². The lowest BCUT2D eigenvalue weighted by atomic mass is 9.90. The molecule has 5 rings (SSSR count). The van der Waals surface area contributed by atoms with Gasteiger partial charge in [0, 0.05) is 29.5 Å². The minimum absolute atomic E-state index is 0.0526. The quantitative estimate of drug-likeness (QED) is 0.155. The fraction of sp³-hybridized carbons (Fsp3) is 0.0938. The lowest BCUT2D eigenvalue weighted by molar-refractivity contribution is -0.384. The van der Waals surface area contributed by atoms with Gasteiger partial charge in [-0.1, -0.05) is 103 Å². The molecule has 5 aromatic rings. The Morgan fingerprint density at radius 3 is 1.90 bits per heavy atom. The normalized spacial score (nSPS) is 11.5. The van der Waals surface area contributed by atoms with E-state index in [2.05, 4.69) is 15.6 Å². The van der Waals surface area contributed by atoms with Crippen molar-refractivity contribution in [3.8, 4) is 11.3 Å². The van der Waals surface area contributed by atoms with Crippen molar-refractivity contribution in [1.82, 2.24) is 10.3 Å². The molecular weight excluding hydrogens is 536 g/mol. The molecule has 1 aromatic heterocycles. The summed E-state index contributed by atoms with van der Waals surface area (Å²) in [6.45, 7) is 0. The average molecular weight is 563 g/mol. The highest BCUT2D eigenvalue weighted by Gasteiger charge is 2.29. The summed E-state index contributed by atoms with van der Waals surface area (Å²) in [5.74, 6) is -1.42. The number of nitro groups is 1. The molecular formula is C32H26N4O4S. The van der Waals surface area contributed by atoms with Crippen molar-refractivity contribution < 1.29 is 14.5 Å². The van der Waals surface area contributed by atoms with Gasteiger partial charge in [-0.2, -0.15) is 0 Å². The largest absolute Gasteiger partial charge is 0.343 e. The van der Waals surface area contributed by atoms with Crippen molar-refractivity contribution in [2.45, 2.75) is 18.4 Å². The van der Waals surface area contributed by atoms with Crippen molar-refractivity contribution in [3.63, 3.8) is 0 Å². The van der Waals surface area contributed by atoms with Gasteiger partial charge in [0.2, 0.25) is 11.8 Å². The molecule has 0 bridgehead atoms. The van der Waals surface area contributed by atoms with E-state index in [0.29, 0.717) is 10.7 Å². The molecule has 0 unspecified atom stereocenters. The van der Waals surface area contributed by atoms with E-state index in [1.165, 1.54) is 23.5 Å². The van der Waals surface area contributed by atoms with Crippen molar-refractivity contribution in [3.05, 3.63) is 147 Å². The molecule has 1 atom stereocenters. The van der Waals surface area contributed by atoms with Crippen LogP contribution in [0.4, 0.5) is 10.8 Å². The Balaban J connectivity index is 1.41. The Morgan fingerprint density at radius 1 is 0.780 bits per heavy atom. The van der Waals surface area contributed by atoms with Crippen LogP contribution in [-0.4, -0.2) is 27.8 Å². The maximum absolute atomic E-state index is 13.8. The topological polar surface area (TPSA) is 114 Å². The van der Waals surface area contributed by atoms with Crippen LogP contribution in [0.5, 0.6) is 0 Å². The number of carbonyl (C=O) groups is 2. The summed E-state index contributed by atoms with van der Waals surface area (Å²) in [6.07, 6.45) is 0.128. The molecule has 0 radical (unpaired) electrons. The number of anilines is 1. The molecule has 0 saturated heterocycles. The molecule has 2 amide bonds. The van der Waals surface area contributed by atoms with Crippen LogP contribution < -0.4 is 10.6 Å². The fourth-order valence-corrected chi connectivity index (χ4v) is 5.23. The third kappa shape index (κ3) is 6.90. The number of hydrogen-bond acceptors (Lipinski definition) is 6. The zero-order chi connectivity index (χ0) is 28.6. The number of carbonyl (C=O) groups excluding carboxylic acids is 2. The van der Waals surface area contributed by atoms with Gasteiger partial charge in [-0.3, -0.25) is 19.7 Å². The highest BCUT2D eigenvalue weighted by molar-refractivity contribution is 7.14. The highest BCUT2D eigenvalue weighted by atomic mass is 32.1. The molecule has 41 heavy (non-hydrogen) atoms. The third-order valence-corrected chi connectivity index (χ3v) is 7.31. The second kappa shape index (κ2) is 12.8. The Kier molecular flexibility index (Phi) is 8.56. The van der Waals surface area contributed by atoms with Gasteiger partial charge in [-0.05, 0) is 16.7 Å². The number of benzene rings is 4. The van der Waals surface area contributed by atoms with E-state index in [4.69, 9.17) is 0 Å². The van der Waals surface area contributed by atoms with Gasteiger partial charge in [-0.15, -0.1) is 11.3 Å². The van der Waals surface area contributed by atoms with Crippen molar-refractivity contribution >= 4 is 34.0 Å². The molecule has 2 N–H and O–H groups in total. The van der Waals surface area contributed by atoms with Crippen LogP contribution in [0.25, 0.3) is 11.3 Å². The Morgan fingerprint density at radius 2 is 1.34 bits per heavy atom. The van der Waals surface area contributed by atoms with E-state index >= 15 is 0 Å². The van der Waals surface area contributed by atoms with E-state index in [-0.39, 0.29) is 18.0 Å². The summed E-state index contributed by atoms with van der Waals surface area (Å²) in [5.41, 5.74) is 3.85. The minimum Gasteiger partial charge on any atom is -0.343 e. The zero-order valence-corrected chi connectivity index (χ0v) is 22.7. The standard InChI is InChI=1S/C32H26N4O4S/c37-30(35-32-34-28(21-41-32)23-10-4-1-5-11-23)27(20-22-16-18-26(19-17-22)36(39)40)33-31(38)29(24-12-6-2-7-13-24)25-14-8-3-9-15-25/h1-19,21,27,29H,20H2,(H,33,38)(H,34,35,37)/t27-/m1/s1. The summed E-state index contributed by atoms with van der Waals surface area (Å²) in [5, 5.41) is 19.2. The number of nitrogens with one attached hydrogen (secondary N) is 2. The first-order valence-electron chi connectivity index (χ1n) is 12.9. The predicted molar refractivity (Wildman–Crippen MR) is 160 cm³/mol. The molecule has 1 heterocycles. The SMILES string of the molecule is O=C(N[C@H](Cc1ccc([N+](=O)[O-])cc1)C(=O)Nc1nc(-c2ccccc2)cs1)C(c1ccccc1)c1ccccc1. The molecule has 8 nitrogen and oxygen atoms in total. The lowest BCUT2D eigenvalue weighted by Gasteiger charge is -2.23. The van der Waals surface area contributed by atoms with E-state index in [1.54, 1.807) is 12.1 Å². The van der Waals surface area contributed by atoms with E-state index in [1.807, 2.05) is 96.4 Å². The molecule has 204 valence electrons. The van der Waals surface area contributed by atoms with Crippen LogP contribution in [0.15, 0.2) is 121 Å². The molecule has 0 aliphatic carbocycles. The molecule has 0 saturated carbocycles. The van der Waals surface area contributed by atoms with E-state index in [0.717, 1.165) is 22.4 Å². The first kappa shape index (κ1) is 27.4. The number of rotatable bonds is 10. The minimum atomic E-state index is -0.969. The van der Waals surface area contributed by atoms with E-state index < -0.39 is 22.8 Å². The number of aromatic nitrogens is 1. The van der Waals surface area contributed by atoms with Gasteiger partial charge in [-0.25, -0.2) is 4.98 Å². The van der Waals surface area contributed by atoms with Gasteiger partial charge in [0.1, 0.15) is 6.04 Å². The number of thiazole rings is 1. The Labute approximate surface area is 240 Å². The zero-order valence-electron chi connectivity index (χ0n) is 21.8. The van der Waals surface area contributed by atoms with Gasteiger partial charge in [0.15, 0.2) is 5.13 Å². The van der Waals surface area contributed by atoms with Crippen molar-refractivity contribution in [2.24, 2.45) is 0 Å². The second-order valence-corrected chi connectivity index (χ2v) is 10.2. The molecule has 4 aromatic carbocycles. The maximum atomic E-state index is 13.8. The van der Waals surface area contributed by atoms with Gasteiger partial charge in [0.05, 0.1) is 16.5 Å². The highest BCUT2D eigenvalue weighted by Crippen LogP contribution is 2.27. The Hall–Kier alpha value is -5.15. The third-order valence-electron chi connectivity index (χ3n) is 6.55. The summed E-state index contributed by atoms with van der Waals surface area (Å²) in [6, 6.07) is 33.3. The molecule has 9 heteroatoms. The summed E-state index contributed by atoms with van der Waals surface area (Å²) in [4.78, 5) is 42.6. The van der Waals surface area contributed by atoms with Crippen LogP contribution in [0.2, 0.25) is 0 Å². The van der Waals surface area contributed by atoms with Crippen LogP contribution in [0, 0.1) is 10.1 Å². The summed E-state index contributed by atoms with van der Waals surface area (Å²) in [7, 11) is 0. The number of hydrogen-bond donors (Lipinski definition) is 2. The van der Waals surface area contributed by atoms with Crippen molar-refractivity contribution in [1.29, 1.82) is 0 Å². The van der Waals surface area contributed by atoms with Crippen LogP contribution in [0.1, 0.15) is 22.6 Å². The molecule has 0 aliphatic rings. The van der Waals surface area contributed by atoms with Crippen LogP contribution in [0.3, 0.4) is 0 Å². The molecule has 0 aliphatic heterocycles. The van der Waals surface area contributed by atoms with Gasteiger partial charge < -0.3 is 10.6 Å². The average Bonchev–Trinajstić information content (AvgIpc) is 3.47. The number of nitrogens with zero attached hydrogens (tertiary/aromatic N) is 2. The summed E-state index contributed by atoms with van der Waals surface area (Å²) < 4.78 is 0. The first-order chi connectivity index (χ1) is 20.0. The smallest absolute Gasteiger partial charge is 0.269 e. The molecule has 0 spiro atoms. The predicted octanol–water partition coefficient (Wildman–Crippen LogP) is 6.22. The lowest BCUT2D eigenvalue weighted by Crippen LogP contribution is -2.47. The van der Waals surface area contributed by atoms with Crippen LogP contribution in [-0.2, 0) is 16.0 Å². The fourth-order valence-electron chi connectivity index (χ4n) is 4.51. The number of nitro benzene ring substituents is 1. The van der Waals surface area contributed by atoms with E-state index in [9.17, 15) is 19.7 Å². The second-order valence-electron chi connectivity index (χ2n) is 9.34. The number of amides is 2.